The highest BCUT2D eigenvalue weighted by Gasteiger charge is 2.19. The molecule has 0 aliphatic carbocycles. The number of carbonyl (C=O) groups excluding carboxylic acids is 3. The van der Waals surface area contributed by atoms with Crippen LogP contribution in [0.2, 0.25) is 0 Å². The predicted molar refractivity (Wildman–Crippen MR) is 279 cm³/mol. The molecule has 0 aliphatic heterocycles. The second-order valence-corrected chi connectivity index (χ2v) is 17.1. The van der Waals surface area contributed by atoms with Crippen molar-refractivity contribution in [3.63, 3.8) is 0 Å². The zero-order chi connectivity index (χ0) is 47.2. The van der Waals surface area contributed by atoms with Crippen LogP contribution >= 0.6 is 0 Å². The third-order valence-corrected chi connectivity index (χ3v) is 10.7. The minimum atomic E-state index is -0.833. The second-order valence-electron chi connectivity index (χ2n) is 17.1. The highest BCUT2D eigenvalue weighted by molar-refractivity contribution is 5.71. The first-order valence-corrected chi connectivity index (χ1v) is 26.4. The summed E-state index contributed by atoms with van der Waals surface area (Å²) in [6.45, 7) is 6.43. The molecule has 0 amide bonds. The summed E-state index contributed by atoms with van der Waals surface area (Å²) in [6, 6.07) is 0. The molecule has 6 nitrogen and oxygen atoms in total. The molecule has 0 rings (SSSR count). The van der Waals surface area contributed by atoms with Crippen LogP contribution in [0.5, 0.6) is 0 Å². The first-order valence-electron chi connectivity index (χ1n) is 26.4. The van der Waals surface area contributed by atoms with Crippen molar-refractivity contribution >= 4 is 17.9 Å². The molecule has 0 fully saturated rings. The second kappa shape index (κ2) is 52.7. The smallest absolute Gasteiger partial charge is 0.306 e. The summed E-state index contributed by atoms with van der Waals surface area (Å²) >= 11 is 0. The van der Waals surface area contributed by atoms with Gasteiger partial charge in [0.1, 0.15) is 13.2 Å². The molecule has 0 bridgehead atoms. The normalized spacial score (nSPS) is 13.0. The van der Waals surface area contributed by atoms with Crippen LogP contribution < -0.4 is 0 Å². The molecule has 0 radical (unpaired) electrons. The largest absolute Gasteiger partial charge is 0.462 e. The molecule has 0 aromatic carbocycles. The van der Waals surface area contributed by atoms with Gasteiger partial charge in [-0.15, -0.1) is 0 Å². The SMILES string of the molecule is CCCC/C=C\CCCCCCCC(=O)O[C@H](COC(=O)CC/C=C\C/C=C\C/C=C\C/C=C\C/C=C\CCCCC)COC(=O)CCC/C=C\C/C=C\C/C=C\CCCCCCCC. The maximum atomic E-state index is 12.8. The van der Waals surface area contributed by atoms with Crippen molar-refractivity contribution in [1.82, 2.24) is 0 Å². The van der Waals surface area contributed by atoms with Gasteiger partial charge < -0.3 is 14.2 Å². The molecular formula is C59H96O6. The molecule has 0 N–H and O–H groups in total. The molecule has 0 spiro atoms. The van der Waals surface area contributed by atoms with Gasteiger partial charge in [-0.25, -0.2) is 0 Å². The quantitative estimate of drug-likeness (QED) is 0.0262. The van der Waals surface area contributed by atoms with Crippen LogP contribution in [0, 0.1) is 0 Å². The number of hydrogen-bond donors (Lipinski definition) is 0. The molecule has 0 heterocycles. The van der Waals surface area contributed by atoms with Crippen LogP contribution in [0.3, 0.4) is 0 Å². The Morgan fingerprint density at radius 2 is 0.615 bits per heavy atom. The Hall–Kier alpha value is -3.93. The molecule has 1 atom stereocenters. The van der Waals surface area contributed by atoms with Crippen LogP contribution in [-0.2, 0) is 28.6 Å². The van der Waals surface area contributed by atoms with Gasteiger partial charge in [-0.05, 0) is 109 Å². The standard InChI is InChI=1S/C59H96O6/c1-4-7-10-13-16-19-22-24-26-28-29-31-33-35-38-40-43-46-49-52-58(61)64-55-56(65-59(62)53-50-47-44-41-36-21-18-15-12-9-6-3)54-63-57(60)51-48-45-42-39-37-34-32-30-27-25-23-20-17-14-11-8-5-2/h15-16,18-19,24-27,29,31-32,34-35,38-39,42-43,46,56H,4-14,17,20-23,28,30,33,36-37,40-41,44-45,47-55H2,1-3H3/b18-15-,19-16-,26-24-,27-25-,31-29-,34-32-,38-35-,42-39-,46-43-/t56-/m0/s1. The van der Waals surface area contributed by atoms with Crippen LogP contribution in [0.1, 0.15) is 226 Å². The van der Waals surface area contributed by atoms with Gasteiger partial charge in [-0.1, -0.05) is 207 Å². The van der Waals surface area contributed by atoms with Crippen LogP contribution in [0.25, 0.3) is 0 Å². The lowest BCUT2D eigenvalue weighted by Gasteiger charge is -2.18. The highest BCUT2D eigenvalue weighted by atomic mass is 16.6. The summed E-state index contributed by atoms with van der Waals surface area (Å²) in [5, 5.41) is 0. The average molecular weight is 901 g/mol. The Kier molecular flexibility index (Phi) is 49.5. The number of carbonyl (C=O) groups is 3. The van der Waals surface area contributed by atoms with E-state index in [-0.39, 0.29) is 50.4 Å². The van der Waals surface area contributed by atoms with Gasteiger partial charge in [0.25, 0.3) is 0 Å². The maximum Gasteiger partial charge on any atom is 0.306 e. The van der Waals surface area contributed by atoms with Crippen molar-refractivity contribution in [2.24, 2.45) is 0 Å². The molecule has 0 aliphatic rings. The van der Waals surface area contributed by atoms with E-state index in [2.05, 4.69) is 118 Å². The summed E-state index contributed by atoms with van der Waals surface area (Å²) in [5.41, 5.74) is 0. The van der Waals surface area contributed by atoms with Crippen molar-refractivity contribution in [2.75, 3.05) is 13.2 Å². The van der Waals surface area contributed by atoms with Gasteiger partial charge in [0.15, 0.2) is 6.10 Å². The van der Waals surface area contributed by atoms with E-state index in [1.54, 1.807) is 0 Å². The van der Waals surface area contributed by atoms with Crippen molar-refractivity contribution in [3.8, 4) is 0 Å². The zero-order valence-electron chi connectivity index (χ0n) is 42.0. The number of ether oxygens (including phenoxy) is 3. The first-order chi connectivity index (χ1) is 32.0. The third kappa shape index (κ3) is 50.9. The fourth-order valence-electron chi connectivity index (χ4n) is 6.71. The van der Waals surface area contributed by atoms with Crippen molar-refractivity contribution < 1.29 is 28.6 Å². The van der Waals surface area contributed by atoms with Crippen LogP contribution in [0.15, 0.2) is 109 Å². The molecule has 0 aromatic heterocycles. The molecule has 368 valence electrons. The van der Waals surface area contributed by atoms with Crippen molar-refractivity contribution in [2.45, 2.75) is 232 Å². The number of unbranched alkanes of at least 4 members (excludes halogenated alkanes) is 17. The number of allylic oxidation sites excluding steroid dienone is 18. The van der Waals surface area contributed by atoms with E-state index in [1.807, 2.05) is 12.2 Å². The van der Waals surface area contributed by atoms with Gasteiger partial charge in [0, 0.05) is 19.3 Å². The minimum absolute atomic E-state index is 0.132. The monoisotopic (exact) mass is 901 g/mol. The predicted octanol–water partition coefficient (Wildman–Crippen LogP) is 17.5. The summed E-state index contributed by atoms with van der Waals surface area (Å²) in [6.07, 6.45) is 70.9. The van der Waals surface area contributed by atoms with Gasteiger partial charge in [0.05, 0.1) is 0 Å². The van der Waals surface area contributed by atoms with Gasteiger partial charge in [-0.2, -0.15) is 0 Å². The summed E-state index contributed by atoms with van der Waals surface area (Å²) in [4.78, 5) is 37.9. The highest BCUT2D eigenvalue weighted by Crippen LogP contribution is 2.12. The maximum absolute atomic E-state index is 12.8. The van der Waals surface area contributed by atoms with E-state index in [0.717, 1.165) is 89.9 Å². The minimum Gasteiger partial charge on any atom is -0.462 e. The Morgan fingerprint density at radius 3 is 1.09 bits per heavy atom. The topological polar surface area (TPSA) is 78.9 Å². The lowest BCUT2D eigenvalue weighted by molar-refractivity contribution is -0.166. The first kappa shape index (κ1) is 61.1. The summed E-state index contributed by atoms with van der Waals surface area (Å²) in [7, 11) is 0. The lowest BCUT2D eigenvalue weighted by Crippen LogP contribution is -2.30. The fourth-order valence-corrected chi connectivity index (χ4v) is 6.71. The molecule has 0 aromatic rings. The Morgan fingerprint density at radius 1 is 0.308 bits per heavy atom. The third-order valence-electron chi connectivity index (χ3n) is 10.7. The van der Waals surface area contributed by atoms with Gasteiger partial charge in [0.2, 0.25) is 0 Å². The average Bonchev–Trinajstić information content (AvgIpc) is 3.30. The van der Waals surface area contributed by atoms with E-state index in [4.69, 9.17) is 14.2 Å². The van der Waals surface area contributed by atoms with E-state index in [9.17, 15) is 14.4 Å². The zero-order valence-corrected chi connectivity index (χ0v) is 42.0. The van der Waals surface area contributed by atoms with E-state index < -0.39 is 6.10 Å². The number of hydrogen-bond acceptors (Lipinski definition) is 6. The molecule has 0 unspecified atom stereocenters. The Bertz CT molecular complexity index is 1360. The Labute approximate surface area is 400 Å². The van der Waals surface area contributed by atoms with Crippen molar-refractivity contribution in [1.29, 1.82) is 0 Å². The van der Waals surface area contributed by atoms with E-state index in [0.29, 0.717) is 12.8 Å². The molecule has 6 heteroatoms. The summed E-state index contributed by atoms with van der Waals surface area (Å²) < 4.78 is 16.7. The summed E-state index contributed by atoms with van der Waals surface area (Å²) in [5.74, 6) is -1.08. The molecule has 0 saturated carbocycles. The van der Waals surface area contributed by atoms with E-state index >= 15 is 0 Å². The molecule has 0 saturated heterocycles. The number of esters is 3. The lowest BCUT2D eigenvalue weighted by atomic mass is 10.1. The molecule has 65 heavy (non-hydrogen) atoms. The fraction of sp³-hybridized carbons (Fsp3) is 0.644. The molecular weight excluding hydrogens is 805 g/mol. The van der Waals surface area contributed by atoms with Crippen molar-refractivity contribution in [3.05, 3.63) is 109 Å². The van der Waals surface area contributed by atoms with Gasteiger partial charge >= 0.3 is 17.9 Å². The van der Waals surface area contributed by atoms with E-state index in [1.165, 1.54) is 83.5 Å². The van der Waals surface area contributed by atoms with Gasteiger partial charge in [-0.3, -0.25) is 14.4 Å². The van der Waals surface area contributed by atoms with Crippen LogP contribution in [-0.4, -0.2) is 37.2 Å². The number of rotatable bonds is 46. The van der Waals surface area contributed by atoms with Crippen LogP contribution in [0.4, 0.5) is 0 Å². The Balaban J connectivity index is 4.55.